The summed E-state index contributed by atoms with van der Waals surface area (Å²) in [5.74, 6) is -0.460. The fraction of sp³-hybridized carbons (Fsp3) is 0.250. The molecule has 112 valence electrons. The normalized spacial score (nSPS) is 14.0. The Morgan fingerprint density at radius 3 is 2.29 bits per heavy atom. The van der Waals surface area contributed by atoms with E-state index in [0.717, 1.165) is 10.0 Å². The Kier molecular flexibility index (Phi) is 5.67. The third-order valence-electron chi connectivity index (χ3n) is 3.38. The molecule has 0 aliphatic heterocycles. The summed E-state index contributed by atoms with van der Waals surface area (Å²) in [6.07, 6.45) is 0. The van der Waals surface area contributed by atoms with Gasteiger partial charge in [0.05, 0.1) is 5.02 Å². The lowest BCUT2D eigenvalue weighted by atomic mass is 10.0. The minimum Gasteiger partial charge on any atom is -0.304 e. The average Bonchev–Trinajstić information content (AvgIpc) is 2.43. The van der Waals surface area contributed by atoms with E-state index in [4.69, 9.17) is 23.2 Å². The molecule has 21 heavy (non-hydrogen) atoms. The van der Waals surface area contributed by atoms with E-state index >= 15 is 0 Å². The molecule has 0 aliphatic rings. The van der Waals surface area contributed by atoms with E-state index in [1.165, 1.54) is 12.1 Å². The molecule has 0 radical (unpaired) electrons. The Morgan fingerprint density at radius 2 is 1.62 bits per heavy atom. The molecule has 1 nitrogen and oxygen atoms in total. The number of rotatable bonds is 4. The van der Waals surface area contributed by atoms with Gasteiger partial charge in [-0.25, -0.2) is 4.39 Å². The van der Waals surface area contributed by atoms with Crippen molar-refractivity contribution >= 4 is 39.1 Å². The molecule has 0 aromatic heterocycles. The quantitative estimate of drug-likeness (QED) is 0.603. The van der Waals surface area contributed by atoms with Gasteiger partial charge < -0.3 is 5.32 Å². The molecular formula is C16H15BrCl2FN. The van der Waals surface area contributed by atoms with Gasteiger partial charge in [-0.15, -0.1) is 0 Å². The molecule has 0 amide bonds. The fourth-order valence-electron chi connectivity index (χ4n) is 2.25. The van der Waals surface area contributed by atoms with Gasteiger partial charge in [-0.2, -0.15) is 0 Å². The van der Waals surface area contributed by atoms with E-state index in [2.05, 4.69) is 28.2 Å². The van der Waals surface area contributed by atoms with Crippen LogP contribution in [0.25, 0.3) is 0 Å². The number of nitrogens with one attached hydrogen (secondary N) is 1. The molecule has 0 saturated heterocycles. The molecule has 1 N–H and O–H groups in total. The first-order chi connectivity index (χ1) is 9.90. The topological polar surface area (TPSA) is 12.0 Å². The highest BCUT2D eigenvalue weighted by atomic mass is 79.9. The van der Waals surface area contributed by atoms with Gasteiger partial charge in [0.1, 0.15) is 5.82 Å². The van der Waals surface area contributed by atoms with Gasteiger partial charge in [-0.05, 0) is 43.2 Å². The molecule has 0 aliphatic carbocycles. The molecular weight excluding hydrogens is 376 g/mol. The average molecular weight is 391 g/mol. The van der Waals surface area contributed by atoms with Crippen LogP contribution in [0.15, 0.2) is 40.9 Å². The second-order valence-electron chi connectivity index (χ2n) is 4.92. The van der Waals surface area contributed by atoms with Crippen molar-refractivity contribution in [3.8, 4) is 0 Å². The molecule has 5 heteroatoms. The Balaban J connectivity index is 2.20. The summed E-state index contributed by atoms with van der Waals surface area (Å²) < 4.78 is 14.7. The molecule has 0 saturated carbocycles. The number of hydrogen-bond acceptors (Lipinski definition) is 1. The van der Waals surface area contributed by atoms with Crippen LogP contribution in [0.4, 0.5) is 4.39 Å². The standard InChI is InChI=1S/C16H15BrCl2FN/c1-9(11-5-3-4-6-13(11)17)21-10(2)12-7-16(20)15(19)8-14(12)18/h3-10,21H,1-2H3/t9-,10?/m1/s1. The van der Waals surface area contributed by atoms with E-state index in [1.807, 2.05) is 31.2 Å². The van der Waals surface area contributed by atoms with Gasteiger partial charge in [0, 0.05) is 21.6 Å². The van der Waals surface area contributed by atoms with E-state index in [0.29, 0.717) is 10.6 Å². The molecule has 0 heterocycles. The van der Waals surface area contributed by atoms with Crippen LogP contribution >= 0.6 is 39.1 Å². The van der Waals surface area contributed by atoms with Crippen molar-refractivity contribution in [3.63, 3.8) is 0 Å². The zero-order valence-corrected chi connectivity index (χ0v) is 14.7. The SMILES string of the molecule is CC(N[C@H](C)c1ccccc1Br)c1cc(F)c(Cl)cc1Cl. The van der Waals surface area contributed by atoms with Crippen LogP contribution in [0.2, 0.25) is 10.0 Å². The molecule has 0 spiro atoms. The van der Waals surface area contributed by atoms with E-state index in [1.54, 1.807) is 0 Å². The molecule has 2 atom stereocenters. The fourth-order valence-corrected chi connectivity index (χ4v) is 3.43. The summed E-state index contributed by atoms with van der Waals surface area (Å²) in [5.41, 5.74) is 1.83. The van der Waals surface area contributed by atoms with Crippen molar-refractivity contribution in [2.75, 3.05) is 0 Å². The van der Waals surface area contributed by atoms with Crippen molar-refractivity contribution < 1.29 is 4.39 Å². The van der Waals surface area contributed by atoms with Gasteiger partial charge in [0.25, 0.3) is 0 Å². The largest absolute Gasteiger partial charge is 0.304 e. The van der Waals surface area contributed by atoms with Gasteiger partial charge in [-0.1, -0.05) is 57.3 Å². The van der Waals surface area contributed by atoms with Crippen LogP contribution < -0.4 is 5.32 Å². The van der Waals surface area contributed by atoms with Crippen LogP contribution in [0.5, 0.6) is 0 Å². The Labute approximate surface area is 142 Å². The minimum absolute atomic E-state index is 0.0369. The number of hydrogen-bond donors (Lipinski definition) is 1. The number of benzene rings is 2. The second kappa shape index (κ2) is 7.10. The molecule has 2 aromatic rings. The molecule has 1 unspecified atom stereocenters. The predicted octanol–water partition coefficient (Wildman–Crippen LogP) is 6.31. The summed E-state index contributed by atoms with van der Waals surface area (Å²) in [7, 11) is 0. The number of halogens is 4. The smallest absolute Gasteiger partial charge is 0.142 e. The minimum atomic E-state index is -0.460. The van der Waals surface area contributed by atoms with Crippen molar-refractivity contribution in [2.24, 2.45) is 0 Å². The highest BCUT2D eigenvalue weighted by molar-refractivity contribution is 9.10. The van der Waals surface area contributed by atoms with Crippen molar-refractivity contribution in [2.45, 2.75) is 25.9 Å². The highest BCUT2D eigenvalue weighted by Crippen LogP contribution is 2.31. The lowest BCUT2D eigenvalue weighted by molar-refractivity contribution is 0.491. The summed E-state index contributed by atoms with van der Waals surface area (Å²) in [5, 5.41) is 3.91. The second-order valence-corrected chi connectivity index (χ2v) is 6.59. The Hall–Kier alpha value is -0.610. The third-order valence-corrected chi connectivity index (χ3v) is 4.72. The van der Waals surface area contributed by atoms with Crippen molar-refractivity contribution in [1.29, 1.82) is 0 Å². The summed E-state index contributed by atoms with van der Waals surface area (Å²) >= 11 is 15.4. The lowest BCUT2D eigenvalue weighted by Gasteiger charge is -2.22. The summed E-state index contributed by atoms with van der Waals surface area (Å²) in [6, 6.07) is 10.8. The van der Waals surface area contributed by atoms with Crippen LogP contribution in [0.3, 0.4) is 0 Å². The van der Waals surface area contributed by atoms with Gasteiger partial charge in [0.2, 0.25) is 0 Å². The third kappa shape index (κ3) is 3.98. The first-order valence-corrected chi connectivity index (χ1v) is 8.10. The first kappa shape index (κ1) is 16.8. The van der Waals surface area contributed by atoms with Crippen LogP contribution in [0, 0.1) is 5.82 Å². The maximum absolute atomic E-state index is 13.6. The predicted molar refractivity (Wildman–Crippen MR) is 90.5 cm³/mol. The van der Waals surface area contributed by atoms with E-state index in [9.17, 15) is 4.39 Å². The van der Waals surface area contributed by atoms with Crippen molar-refractivity contribution in [3.05, 3.63) is 67.9 Å². The molecule has 0 fully saturated rings. The van der Waals surface area contributed by atoms with Crippen LogP contribution in [0.1, 0.15) is 37.1 Å². The van der Waals surface area contributed by atoms with Gasteiger partial charge in [0.15, 0.2) is 0 Å². The Bertz CT molecular complexity index is 648. The summed E-state index contributed by atoms with van der Waals surface area (Å²) in [6.45, 7) is 4.00. The maximum Gasteiger partial charge on any atom is 0.142 e. The Morgan fingerprint density at radius 1 is 1.00 bits per heavy atom. The van der Waals surface area contributed by atoms with Gasteiger partial charge in [-0.3, -0.25) is 0 Å². The lowest BCUT2D eigenvalue weighted by Crippen LogP contribution is -2.23. The molecule has 2 rings (SSSR count). The first-order valence-electron chi connectivity index (χ1n) is 6.55. The zero-order valence-electron chi connectivity index (χ0n) is 11.6. The van der Waals surface area contributed by atoms with Crippen LogP contribution in [-0.4, -0.2) is 0 Å². The summed E-state index contributed by atoms with van der Waals surface area (Å²) in [4.78, 5) is 0. The van der Waals surface area contributed by atoms with Crippen molar-refractivity contribution in [1.82, 2.24) is 5.32 Å². The highest BCUT2D eigenvalue weighted by Gasteiger charge is 2.17. The maximum atomic E-state index is 13.6. The molecule has 0 bridgehead atoms. The van der Waals surface area contributed by atoms with E-state index in [-0.39, 0.29) is 17.1 Å². The zero-order chi connectivity index (χ0) is 15.6. The monoisotopic (exact) mass is 389 g/mol. The van der Waals surface area contributed by atoms with E-state index < -0.39 is 5.82 Å². The molecule has 2 aromatic carbocycles. The van der Waals surface area contributed by atoms with Crippen LogP contribution in [-0.2, 0) is 0 Å². The van der Waals surface area contributed by atoms with Gasteiger partial charge >= 0.3 is 0 Å².